The van der Waals surface area contributed by atoms with Crippen molar-refractivity contribution in [3.8, 4) is 5.75 Å². The highest BCUT2D eigenvalue weighted by Gasteiger charge is 2.24. The van der Waals surface area contributed by atoms with Gasteiger partial charge in [0.15, 0.2) is 5.78 Å². The van der Waals surface area contributed by atoms with Crippen molar-refractivity contribution >= 4 is 5.78 Å². The molecule has 1 aliphatic rings. The van der Waals surface area contributed by atoms with Gasteiger partial charge < -0.3 is 10.1 Å². The summed E-state index contributed by atoms with van der Waals surface area (Å²) in [6.45, 7) is 8.46. The normalized spacial score (nSPS) is 19.2. The Morgan fingerprint density at radius 1 is 1.37 bits per heavy atom. The van der Waals surface area contributed by atoms with Gasteiger partial charge in [-0.2, -0.15) is 0 Å². The van der Waals surface area contributed by atoms with E-state index in [0.29, 0.717) is 6.61 Å². The molecule has 3 nitrogen and oxygen atoms in total. The van der Waals surface area contributed by atoms with Crippen LogP contribution in [0.3, 0.4) is 0 Å². The van der Waals surface area contributed by atoms with Crippen molar-refractivity contribution in [3.05, 3.63) is 28.8 Å². The third-order valence-corrected chi connectivity index (χ3v) is 3.75. The molecule has 0 radical (unpaired) electrons. The molecule has 1 aromatic rings. The van der Waals surface area contributed by atoms with Gasteiger partial charge >= 0.3 is 0 Å². The van der Waals surface area contributed by atoms with Crippen LogP contribution in [-0.2, 0) is 0 Å². The Morgan fingerprint density at radius 3 is 2.79 bits per heavy atom. The molecule has 0 saturated carbocycles. The van der Waals surface area contributed by atoms with E-state index >= 15 is 0 Å². The number of Topliss-reactive ketones (excluding diaryl/α,β-unsaturated/α-hetero) is 1. The van der Waals surface area contributed by atoms with E-state index in [1.54, 1.807) is 0 Å². The lowest BCUT2D eigenvalue weighted by Gasteiger charge is -2.22. The highest BCUT2D eigenvalue weighted by molar-refractivity contribution is 5.99. The van der Waals surface area contributed by atoms with Gasteiger partial charge in [0.2, 0.25) is 0 Å². The molecule has 1 heterocycles. The van der Waals surface area contributed by atoms with Gasteiger partial charge in [0, 0.05) is 18.0 Å². The van der Waals surface area contributed by atoms with Crippen LogP contribution in [0.5, 0.6) is 5.75 Å². The molecule has 3 heteroatoms. The average Bonchev–Trinajstić information content (AvgIpc) is 2.43. The Labute approximate surface area is 115 Å². The van der Waals surface area contributed by atoms with Gasteiger partial charge in [-0.3, -0.25) is 4.79 Å². The summed E-state index contributed by atoms with van der Waals surface area (Å²) in [5, 5.41) is 3.31. The summed E-state index contributed by atoms with van der Waals surface area (Å²) in [6, 6.07) is 3.97. The predicted molar refractivity (Wildman–Crippen MR) is 77.0 cm³/mol. The van der Waals surface area contributed by atoms with Crippen LogP contribution in [0.1, 0.15) is 41.3 Å². The first kappa shape index (κ1) is 14.1. The van der Waals surface area contributed by atoms with Crippen LogP contribution in [0.2, 0.25) is 0 Å². The van der Waals surface area contributed by atoms with E-state index in [2.05, 4.69) is 5.32 Å². The van der Waals surface area contributed by atoms with E-state index in [9.17, 15) is 4.79 Å². The molecule has 1 N–H and O–H groups in total. The van der Waals surface area contributed by atoms with Crippen LogP contribution in [0.4, 0.5) is 0 Å². The number of hydrogen-bond donors (Lipinski definition) is 1. The van der Waals surface area contributed by atoms with Crippen molar-refractivity contribution in [1.82, 2.24) is 5.32 Å². The lowest BCUT2D eigenvalue weighted by atomic mass is 9.88. The Bertz CT molecular complexity index is 462. The fourth-order valence-corrected chi connectivity index (χ4v) is 2.66. The van der Waals surface area contributed by atoms with Crippen molar-refractivity contribution in [3.63, 3.8) is 0 Å². The topological polar surface area (TPSA) is 38.3 Å². The SMILES string of the molecule is CCOc1cc(C)c(C(=O)C2CCCNC2)cc1C. The summed E-state index contributed by atoms with van der Waals surface area (Å²) in [4.78, 5) is 12.6. The van der Waals surface area contributed by atoms with Crippen LogP contribution < -0.4 is 10.1 Å². The molecule has 0 spiro atoms. The smallest absolute Gasteiger partial charge is 0.167 e. The first-order chi connectivity index (χ1) is 9.13. The molecule has 0 bridgehead atoms. The highest BCUT2D eigenvalue weighted by atomic mass is 16.5. The molecule has 1 unspecified atom stereocenters. The highest BCUT2D eigenvalue weighted by Crippen LogP contribution is 2.26. The minimum atomic E-state index is 0.129. The summed E-state index contributed by atoms with van der Waals surface area (Å²) in [7, 11) is 0. The van der Waals surface area contributed by atoms with Crippen LogP contribution in [0.15, 0.2) is 12.1 Å². The van der Waals surface area contributed by atoms with Crippen molar-refractivity contribution in [1.29, 1.82) is 0 Å². The summed E-state index contributed by atoms with van der Waals surface area (Å²) in [5.74, 6) is 1.29. The van der Waals surface area contributed by atoms with Gasteiger partial charge in [-0.15, -0.1) is 0 Å². The van der Waals surface area contributed by atoms with Crippen LogP contribution >= 0.6 is 0 Å². The van der Waals surface area contributed by atoms with Gasteiger partial charge in [0.1, 0.15) is 5.75 Å². The monoisotopic (exact) mass is 261 g/mol. The van der Waals surface area contributed by atoms with E-state index in [1.165, 1.54) is 0 Å². The Hall–Kier alpha value is -1.35. The number of hydrogen-bond acceptors (Lipinski definition) is 3. The van der Waals surface area contributed by atoms with Crippen LogP contribution in [0, 0.1) is 19.8 Å². The molecule has 104 valence electrons. The largest absolute Gasteiger partial charge is 0.494 e. The minimum absolute atomic E-state index is 0.129. The Kier molecular flexibility index (Phi) is 4.59. The standard InChI is InChI=1S/C16H23NO2/c1-4-19-15-9-11(2)14(8-12(15)3)16(18)13-6-5-7-17-10-13/h8-9,13,17H,4-7,10H2,1-3H3. The Morgan fingerprint density at radius 2 is 2.16 bits per heavy atom. The number of benzene rings is 1. The second kappa shape index (κ2) is 6.20. The molecule has 0 aliphatic carbocycles. The lowest BCUT2D eigenvalue weighted by Crippen LogP contribution is -2.34. The number of nitrogens with one attached hydrogen (secondary N) is 1. The zero-order chi connectivity index (χ0) is 13.8. The van der Waals surface area contributed by atoms with E-state index in [4.69, 9.17) is 4.74 Å². The summed E-state index contributed by atoms with van der Waals surface area (Å²) in [5.41, 5.74) is 2.92. The van der Waals surface area contributed by atoms with Gasteiger partial charge in [-0.05, 0) is 63.4 Å². The van der Waals surface area contributed by atoms with Crippen molar-refractivity contribution in [2.45, 2.75) is 33.6 Å². The minimum Gasteiger partial charge on any atom is -0.494 e. The number of carbonyl (C=O) groups excluding carboxylic acids is 1. The summed E-state index contributed by atoms with van der Waals surface area (Å²) < 4.78 is 5.57. The molecule has 1 fully saturated rings. The third-order valence-electron chi connectivity index (χ3n) is 3.75. The molecule has 1 saturated heterocycles. The number of piperidine rings is 1. The van der Waals surface area contributed by atoms with Crippen molar-refractivity contribution < 1.29 is 9.53 Å². The maximum Gasteiger partial charge on any atom is 0.167 e. The van der Waals surface area contributed by atoms with Gasteiger partial charge in [-0.1, -0.05) is 0 Å². The number of carbonyl (C=O) groups is 1. The molecule has 0 aromatic heterocycles. The van der Waals surface area contributed by atoms with Crippen LogP contribution in [-0.4, -0.2) is 25.5 Å². The molecule has 1 aliphatic heterocycles. The maximum absolute atomic E-state index is 12.6. The number of ketones is 1. The summed E-state index contributed by atoms with van der Waals surface area (Å²) >= 11 is 0. The zero-order valence-electron chi connectivity index (χ0n) is 12.1. The molecular weight excluding hydrogens is 238 g/mol. The first-order valence-corrected chi connectivity index (χ1v) is 7.12. The molecule has 2 rings (SSSR count). The fourth-order valence-electron chi connectivity index (χ4n) is 2.66. The quantitative estimate of drug-likeness (QED) is 0.847. The maximum atomic E-state index is 12.6. The number of ether oxygens (including phenoxy) is 1. The van der Waals surface area contributed by atoms with E-state index in [1.807, 2.05) is 32.9 Å². The predicted octanol–water partition coefficient (Wildman–Crippen LogP) is 2.88. The molecular formula is C16H23NO2. The van der Waals surface area contributed by atoms with E-state index < -0.39 is 0 Å². The van der Waals surface area contributed by atoms with Gasteiger partial charge in [-0.25, -0.2) is 0 Å². The lowest BCUT2D eigenvalue weighted by molar-refractivity contribution is 0.0899. The second-order valence-corrected chi connectivity index (χ2v) is 5.27. The Balaban J connectivity index is 2.24. The average molecular weight is 261 g/mol. The molecule has 0 amide bonds. The fraction of sp³-hybridized carbons (Fsp3) is 0.562. The van der Waals surface area contributed by atoms with Gasteiger partial charge in [0.05, 0.1) is 6.61 Å². The van der Waals surface area contributed by atoms with Crippen molar-refractivity contribution in [2.24, 2.45) is 5.92 Å². The number of aryl methyl sites for hydroxylation is 2. The molecule has 1 aromatic carbocycles. The van der Waals surface area contributed by atoms with E-state index in [-0.39, 0.29) is 11.7 Å². The second-order valence-electron chi connectivity index (χ2n) is 5.27. The van der Waals surface area contributed by atoms with Crippen LogP contribution in [0.25, 0.3) is 0 Å². The first-order valence-electron chi connectivity index (χ1n) is 7.12. The zero-order valence-corrected chi connectivity index (χ0v) is 12.1. The number of rotatable bonds is 4. The molecule has 1 atom stereocenters. The summed E-state index contributed by atoms with van der Waals surface area (Å²) in [6.07, 6.45) is 2.09. The van der Waals surface area contributed by atoms with Crippen molar-refractivity contribution in [2.75, 3.05) is 19.7 Å². The molecule has 19 heavy (non-hydrogen) atoms. The van der Waals surface area contributed by atoms with Gasteiger partial charge in [0.25, 0.3) is 0 Å². The van der Waals surface area contributed by atoms with E-state index in [0.717, 1.165) is 48.4 Å². The third kappa shape index (κ3) is 3.16.